The van der Waals surface area contributed by atoms with Crippen molar-refractivity contribution in [1.82, 2.24) is 38.2 Å². The van der Waals surface area contributed by atoms with Crippen LogP contribution in [0, 0.1) is 0 Å². The number of aromatic nitrogens is 8. The van der Waals surface area contributed by atoms with Gasteiger partial charge in [-0.2, -0.15) is 4.98 Å². The summed E-state index contributed by atoms with van der Waals surface area (Å²) in [5.41, 5.74) is -0.0907. The fourth-order valence-corrected chi connectivity index (χ4v) is 5.28. The number of aromatic amines is 2. The average molecular weight is 643 g/mol. The Morgan fingerprint density at radius 1 is 0.905 bits per heavy atom. The summed E-state index contributed by atoms with van der Waals surface area (Å²) in [6, 6.07) is 9.97. The number of nitrogens with one attached hydrogen (secondary N) is 2. The number of benzene rings is 1. The Kier molecular flexibility index (Phi) is 7.95. The van der Waals surface area contributed by atoms with E-state index in [0.717, 1.165) is 46.8 Å². The molecule has 1 fully saturated rings. The van der Waals surface area contributed by atoms with Crippen LogP contribution >= 0.6 is 15.9 Å². The minimum atomic E-state index is -1.36. The molecule has 0 amide bonds. The number of hydrogen-bond acceptors (Lipinski definition) is 9. The topological polar surface area (TPSA) is 205 Å². The number of rotatable bonds is 5. The number of imidazole rings is 2. The molecule has 1 aliphatic rings. The van der Waals surface area contributed by atoms with Gasteiger partial charge in [-0.05, 0) is 21.5 Å². The molecule has 6 rings (SSSR count). The van der Waals surface area contributed by atoms with Crippen LogP contribution in [0.1, 0.15) is 5.56 Å². The van der Waals surface area contributed by atoms with Crippen molar-refractivity contribution in [2.45, 2.75) is 13.1 Å². The average Bonchev–Trinajstić information content (AvgIpc) is 3.50. The molecular formula is C25H27BrN10O6. The van der Waals surface area contributed by atoms with E-state index in [1.54, 1.807) is 7.05 Å². The molecule has 0 unspecified atom stereocenters. The molecule has 4 aromatic heterocycles. The highest BCUT2D eigenvalue weighted by Gasteiger charge is 2.23. The van der Waals surface area contributed by atoms with Crippen LogP contribution in [0.2, 0.25) is 0 Å². The zero-order valence-corrected chi connectivity index (χ0v) is 24.3. The fourth-order valence-electron chi connectivity index (χ4n) is 4.81. The highest BCUT2D eigenvalue weighted by atomic mass is 79.9. The van der Waals surface area contributed by atoms with Crippen LogP contribution < -0.4 is 37.8 Å². The first-order valence-corrected chi connectivity index (χ1v) is 13.7. The van der Waals surface area contributed by atoms with E-state index >= 15 is 0 Å². The van der Waals surface area contributed by atoms with Crippen molar-refractivity contribution in [2.75, 3.05) is 31.1 Å². The molecule has 0 saturated carbocycles. The summed E-state index contributed by atoms with van der Waals surface area (Å²) < 4.78 is 5.70. The molecule has 0 spiro atoms. The minimum Gasteiger partial charge on any atom is -0.548 e. The number of quaternary nitrogens is 1. The Morgan fingerprint density at radius 2 is 1.45 bits per heavy atom. The largest absolute Gasteiger partial charge is 0.548 e. The SMILES string of the molecule is Cn1c(=O)[nH]c(=O)c2c1nc(Br)n2CC(=O)[O-].Cn1c(=O)[nH]c(=O)c2c1nc(N1CC[NH2+]CC1)n2Cc1ccccc1. The Morgan fingerprint density at radius 3 is 2.02 bits per heavy atom. The molecule has 5 aromatic rings. The lowest BCUT2D eigenvalue weighted by Crippen LogP contribution is -2.89. The van der Waals surface area contributed by atoms with Gasteiger partial charge in [0.1, 0.15) is 0 Å². The van der Waals surface area contributed by atoms with Gasteiger partial charge >= 0.3 is 11.4 Å². The summed E-state index contributed by atoms with van der Waals surface area (Å²) in [6.07, 6.45) is 0. The number of H-pyrrole nitrogens is 2. The molecule has 16 nitrogen and oxygen atoms in total. The summed E-state index contributed by atoms with van der Waals surface area (Å²) in [4.78, 5) is 73.2. The third-order valence-electron chi connectivity index (χ3n) is 6.91. The number of aliphatic carboxylic acids is 1. The number of nitrogens with zero attached hydrogens (tertiary/aromatic N) is 7. The van der Waals surface area contributed by atoms with E-state index in [9.17, 15) is 29.1 Å². The van der Waals surface area contributed by atoms with Gasteiger partial charge < -0.3 is 24.7 Å². The molecule has 1 aliphatic heterocycles. The van der Waals surface area contributed by atoms with Gasteiger partial charge in [0.25, 0.3) is 11.1 Å². The van der Waals surface area contributed by atoms with Gasteiger partial charge in [0, 0.05) is 14.1 Å². The first kappa shape index (κ1) is 28.7. The van der Waals surface area contributed by atoms with E-state index < -0.39 is 35.0 Å². The van der Waals surface area contributed by atoms with Crippen molar-refractivity contribution in [3.8, 4) is 0 Å². The van der Waals surface area contributed by atoms with Crippen LogP contribution in [-0.2, 0) is 32.0 Å². The summed E-state index contributed by atoms with van der Waals surface area (Å²) in [7, 11) is 3.05. The predicted octanol–water partition coefficient (Wildman–Crippen LogP) is -3.21. The molecule has 220 valence electrons. The Labute approximate surface area is 244 Å². The second-order valence-corrected chi connectivity index (χ2v) is 10.4. The van der Waals surface area contributed by atoms with Gasteiger partial charge in [0.2, 0.25) is 5.95 Å². The molecule has 0 aliphatic carbocycles. The molecule has 5 heterocycles. The Balaban J connectivity index is 0.000000181. The Hall–Kier alpha value is -4.77. The van der Waals surface area contributed by atoms with Crippen LogP contribution in [0.15, 0.2) is 54.2 Å². The maximum absolute atomic E-state index is 12.5. The second kappa shape index (κ2) is 11.6. The summed E-state index contributed by atoms with van der Waals surface area (Å²) >= 11 is 3.02. The van der Waals surface area contributed by atoms with Crippen LogP contribution in [0.5, 0.6) is 0 Å². The highest BCUT2D eigenvalue weighted by Crippen LogP contribution is 2.21. The van der Waals surface area contributed by atoms with Crippen LogP contribution in [0.3, 0.4) is 0 Å². The normalized spacial score (nSPS) is 13.4. The van der Waals surface area contributed by atoms with E-state index in [4.69, 9.17) is 0 Å². The molecule has 0 radical (unpaired) electrons. The number of fused-ring (bicyclic) bond motifs is 2. The van der Waals surface area contributed by atoms with Gasteiger partial charge in [0.15, 0.2) is 27.1 Å². The van der Waals surface area contributed by atoms with Crippen molar-refractivity contribution in [1.29, 1.82) is 0 Å². The molecule has 0 atom stereocenters. The summed E-state index contributed by atoms with van der Waals surface area (Å²) in [5, 5.41) is 12.8. The quantitative estimate of drug-likeness (QED) is 0.165. The van der Waals surface area contributed by atoms with Crippen molar-refractivity contribution in [3.05, 3.63) is 82.3 Å². The molecular weight excluding hydrogens is 616 g/mol. The first-order chi connectivity index (χ1) is 20.1. The molecule has 17 heteroatoms. The number of hydrogen-bond donors (Lipinski definition) is 3. The lowest BCUT2D eigenvalue weighted by molar-refractivity contribution is -0.655. The molecule has 0 bridgehead atoms. The van der Waals surface area contributed by atoms with Gasteiger partial charge in [-0.1, -0.05) is 30.3 Å². The Bertz CT molecular complexity index is 2030. The number of nitrogens with two attached hydrogens (primary N) is 1. The molecule has 4 N–H and O–H groups in total. The monoisotopic (exact) mass is 642 g/mol. The van der Waals surface area contributed by atoms with Crippen molar-refractivity contribution in [2.24, 2.45) is 14.1 Å². The molecule has 42 heavy (non-hydrogen) atoms. The third-order valence-corrected chi connectivity index (χ3v) is 7.51. The molecule has 1 aromatic carbocycles. The third kappa shape index (κ3) is 5.42. The van der Waals surface area contributed by atoms with Gasteiger partial charge in [-0.15, -0.1) is 0 Å². The number of carbonyl (C=O) groups excluding carboxylic acids is 1. The van der Waals surface area contributed by atoms with E-state index in [0.29, 0.717) is 17.7 Å². The van der Waals surface area contributed by atoms with Crippen molar-refractivity contribution < 1.29 is 15.2 Å². The smallest absolute Gasteiger partial charge is 0.329 e. The number of carboxylic acid groups (broad SMARTS) is 1. The zero-order chi connectivity index (χ0) is 30.1. The maximum atomic E-state index is 12.5. The number of carbonyl (C=O) groups is 1. The first-order valence-electron chi connectivity index (χ1n) is 12.9. The number of halogens is 1. The van der Waals surface area contributed by atoms with Crippen LogP contribution in [-0.4, -0.2) is 70.4 Å². The van der Waals surface area contributed by atoms with Crippen LogP contribution in [0.25, 0.3) is 22.3 Å². The van der Waals surface area contributed by atoms with E-state index in [2.05, 4.69) is 46.1 Å². The van der Waals surface area contributed by atoms with Gasteiger partial charge in [-0.25, -0.2) is 14.6 Å². The highest BCUT2D eigenvalue weighted by molar-refractivity contribution is 9.10. The number of aryl methyl sites for hydroxylation is 2. The minimum absolute atomic E-state index is 0.00294. The fraction of sp³-hybridized carbons (Fsp3) is 0.320. The lowest BCUT2D eigenvalue weighted by atomic mass is 10.2. The lowest BCUT2D eigenvalue weighted by Gasteiger charge is -2.26. The number of piperazine rings is 1. The standard InChI is InChI=1S/C17H20N6O2.C8H7BrN4O4/c1-21-14-13(15(24)20-17(21)25)23(11-12-5-3-2-4-6-12)16(19-14)22-9-7-18-8-10-22;1-12-5-4(6(16)11-8(12)17)13(2-3(14)15)7(9)10-5/h2-6,18H,7-11H2,1H3,(H,20,24,25);2H2,1H3,(H,14,15)(H,11,16,17). The second-order valence-electron chi connectivity index (χ2n) is 9.66. The van der Waals surface area contributed by atoms with Crippen molar-refractivity contribution >= 4 is 50.2 Å². The summed E-state index contributed by atoms with van der Waals surface area (Å²) in [6.45, 7) is 3.72. The summed E-state index contributed by atoms with van der Waals surface area (Å²) in [5.74, 6) is -0.614. The van der Waals surface area contributed by atoms with E-state index in [1.807, 2.05) is 34.9 Å². The van der Waals surface area contributed by atoms with E-state index in [1.165, 1.54) is 11.6 Å². The van der Waals surface area contributed by atoms with E-state index in [-0.39, 0.29) is 15.9 Å². The van der Waals surface area contributed by atoms with Crippen LogP contribution in [0.4, 0.5) is 5.95 Å². The predicted molar refractivity (Wildman–Crippen MR) is 153 cm³/mol. The van der Waals surface area contributed by atoms with Crippen molar-refractivity contribution in [3.63, 3.8) is 0 Å². The number of carboxylic acids is 1. The van der Waals surface area contributed by atoms with Gasteiger partial charge in [-0.3, -0.25) is 33.3 Å². The molecule has 1 saturated heterocycles. The number of anilines is 1. The zero-order valence-electron chi connectivity index (χ0n) is 22.7. The maximum Gasteiger partial charge on any atom is 0.329 e. The van der Waals surface area contributed by atoms with Gasteiger partial charge in [0.05, 0.1) is 45.2 Å².